The predicted molar refractivity (Wildman–Crippen MR) is 145 cm³/mol. The van der Waals surface area contributed by atoms with Gasteiger partial charge in [0.15, 0.2) is 0 Å². The lowest BCUT2D eigenvalue weighted by molar-refractivity contribution is 0.373. The average molecular weight is 512 g/mol. The molecule has 8 heteroatoms. The fraction of sp³-hybridized carbons (Fsp3) is 0.407. The minimum absolute atomic E-state index is 0. The molecule has 0 bridgehead atoms. The van der Waals surface area contributed by atoms with E-state index in [0.717, 1.165) is 48.1 Å². The van der Waals surface area contributed by atoms with Crippen molar-refractivity contribution in [3.05, 3.63) is 74.4 Å². The van der Waals surface area contributed by atoms with Gasteiger partial charge in [0.05, 0.1) is 12.6 Å². The summed E-state index contributed by atoms with van der Waals surface area (Å²) >= 11 is 1.46. The van der Waals surface area contributed by atoms with E-state index in [-0.39, 0.29) is 23.7 Å². The van der Waals surface area contributed by atoms with Crippen molar-refractivity contribution in [2.45, 2.75) is 50.6 Å². The first kappa shape index (κ1) is 24.1. The maximum atomic E-state index is 13.1. The highest BCUT2D eigenvalue weighted by atomic mass is 35.5. The molecule has 1 unspecified atom stereocenters. The number of halogens is 1. The van der Waals surface area contributed by atoms with Crippen molar-refractivity contribution in [2.24, 2.45) is 5.92 Å². The van der Waals surface area contributed by atoms with Crippen LogP contribution in [0.15, 0.2) is 52.1 Å². The van der Waals surface area contributed by atoms with Crippen LogP contribution >= 0.6 is 23.7 Å². The molecule has 3 atom stereocenters. The van der Waals surface area contributed by atoms with Crippen molar-refractivity contribution in [2.75, 3.05) is 13.7 Å². The van der Waals surface area contributed by atoms with E-state index >= 15 is 0 Å². The molecule has 1 aliphatic heterocycles. The molecular formula is C27H30ClN3O3S. The molecule has 1 fully saturated rings. The molecule has 3 heterocycles. The third-order valence-electron chi connectivity index (χ3n) is 7.76. The molecule has 0 spiro atoms. The standard InChI is InChI=1S/C27H29N3O3S.ClH/c1-33-21-10-6-8-18-17(21)13-12-16-15-28-20(23(16)18)9-4-5-14-30-26(31)25-24(29-27(30)32)19-7-2-3-11-22(19)34-25;/h2-3,6-8,10-11,16,20,23,28H,4-5,9,12-15H2,1H3,(H,29,32);1H/t16-,20?,23+;/m0./s1. The summed E-state index contributed by atoms with van der Waals surface area (Å²) in [4.78, 5) is 28.8. The molecule has 2 aliphatic rings. The number of unbranched alkanes of at least 4 members (excludes halogenated alkanes) is 1. The van der Waals surface area contributed by atoms with Crippen LogP contribution in [0.4, 0.5) is 0 Å². The molecule has 2 N–H and O–H groups in total. The molecular weight excluding hydrogens is 482 g/mol. The highest BCUT2D eigenvalue weighted by Crippen LogP contribution is 2.45. The molecule has 0 amide bonds. The summed E-state index contributed by atoms with van der Waals surface area (Å²) in [5, 5.41) is 4.70. The van der Waals surface area contributed by atoms with Crippen molar-refractivity contribution in [1.82, 2.24) is 14.9 Å². The topological polar surface area (TPSA) is 76.1 Å². The number of hydrogen-bond donors (Lipinski definition) is 2. The first-order valence-corrected chi connectivity index (χ1v) is 13.0. The van der Waals surface area contributed by atoms with Crippen LogP contribution in [-0.2, 0) is 13.0 Å². The van der Waals surface area contributed by atoms with E-state index < -0.39 is 0 Å². The molecule has 1 aliphatic carbocycles. The van der Waals surface area contributed by atoms with E-state index in [1.165, 1.54) is 33.5 Å². The second-order valence-corrected chi connectivity index (χ2v) is 10.6. The van der Waals surface area contributed by atoms with Gasteiger partial charge >= 0.3 is 5.69 Å². The third kappa shape index (κ3) is 4.09. The van der Waals surface area contributed by atoms with Gasteiger partial charge in [0.25, 0.3) is 5.56 Å². The molecule has 6 nitrogen and oxygen atoms in total. The Hall–Kier alpha value is -2.61. The van der Waals surface area contributed by atoms with Crippen LogP contribution in [-0.4, -0.2) is 29.2 Å². The Balaban J connectivity index is 0.00000253. The predicted octanol–water partition coefficient (Wildman–Crippen LogP) is 4.82. The largest absolute Gasteiger partial charge is 0.496 e. The summed E-state index contributed by atoms with van der Waals surface area (Å²) in [5.74, 6) is 2.20. The number of fused-ring (bicyclic) bond motifs is 6. The van der Waals surface area contributed by atoms with Gasteiger partial charge in [-0.15, -0.1) is 23.7 Å². The highest BCUT2D eigenvalue weighted by Gasteiger charge is 2.40. The smallest absolute Gasteiger partial charge is 0.328 e. The van der Waals surface area contributed by atoms with Gasteiger partial charge in [0, 0.05) is 28.6 Å². The number of rotatable bonds is 6. The van der Waals surface area contributed by atoms with Crippen LogP contribution in [0, 0.1) is 5.92 Å². The van der Waals surface area contributed by atoms with Gasteiger partial charge in [-0.1, -0.05) is 36.8 Å². The second kappa shape index (κ2) is 9.80. The van der Waals surface area contributed by atoms with Crippen molar-refractivity contribution in [1.29, 1.82) is 0 Å². The first-order valence-electron chi connectivity index (χ1n) is 12.2. The van der Waals surface area contributed by atoms with Crippen LogP contribution in [0.3, 0.4) is 0 Å². The summed E-state index contributed by atoms with van der Waals surface area (Å²) in [6.45, 7) is 1.51. The Bertz CT molecular complexity index is 1490. The van der Waals surface area contributed by atoms with E-state index in [4.69, 9.17) is 4.74 Å². The van der Waals surface area contributed by atoms with Gasteiger partial charge in [-0.2, -0.15) is 0 Å². The minimum Gasteiger partial charge on any atom is -0.496 e. The first-order chi connectivity index (χ1) is 16.7. The summed E-state index contributed by atoms with van der Waals surface area (Å²) in [6, 6.07) is 14.7. The van der Waals surface area contributed by atoms with Crippen LogP contribution in [0.1, 0.15) is 42.7 Å². The third-order valence-corrected chi connectivity index (χ3v) is 8.91. The van der Waals surface area contributed by atoms with E-state index in [0.29, 0.717) is 34.6 Å². The molecule has 184 valence electrons. The fourth-order valence-electron chi connectivity index (χ4n) is 6.15. The quantitative estimate of drug-likeness (QED) is 0.364. The van der Waals surface area contributed by atoms with Crippen LogP contribution in [0.5, 0.6) is 5.75 Å². The summed E-state index contributed by atoms with van der Waals surface area (Å²) in [5.41, 5.74) is 2.99. The average Bonchev–Trinajstić information content (AvgIpc) is 3.45. The van der Waals surface area contributed by atoms with E-state index in [1.54, 1.807) is 7.11 Å². The molecule has 2 aromatic heterocycles. The summed E-state index contributed by atoms with van der Waals surface area (Å²) < 4.78 is 8.67. The lowest BCUT2D eigenvalue weighted by atomic mass is 9.73. The lowest BCUT2D eigenvalue weighted by Gasteiger charge is -2.32. The SMILES string of the molecule is COc1cccc2c1CC[C@H]1CNC(CCCCn3c(=O)[nH]c4c(sc5ccccc54)c3=O)[C@@H]21.Cl. The molecule has 1 saturated heterocycles. The Labute approximate surface area is 213 Å². The normalized spacial score (nSPS) is 21.0. The fourth-order valence-corrected chi connectivity index (χ4v) is 7.26. The Morgan fingerprint density at radius 2 is 1.97 bits per heavy atom. The lowest BCUT2D eigenvalue weighted by Crippen LogP contribution is -2.34. The van der Waals surface area contributed by atoms with Gasteiger partial charge in [-0.25, -0.2) is 4.79 Å². The number of nitrogens with one attached hydrogen (secondary N) is 2. The number of methoxy groups -OCH3 is 1. The van der Waals surface area contributed by atoms with E-state index in [1.807, 2.05) is 24.3 Å². The van der Waals surface area contributed by atoms with Crippen molar-refractivity contribution in [3.8, 4) is 5.75 Å². The van der Waals surface area contributed by atoms with Crippen LogP contribution in [0.25, 0.3) is 20.3 Å². The van der Waals surface area contributed by atoms with Gasteiger partial charge in [-0.3, -0.25) is 9.36 Å². The maximum absolute atomic E-state index is 13.1. The zero-order chi connectivity index (χ0) is 23.2. The van der Waals surface area contributed by atoms with Gasteiger partial charge < -0.3 is 15.0 Å². The van der Waals surface area contributed by atoms with Gasteiger partial charge in [0.2, 0.25) is 0 Å². The zero-order valence-electron chi connectivity index (χ0n) is 19.7. The number of hydrogen-bond acceptors (Lipinski definition) is 5. The number of benzene rings is 2. The number of ether oxygens (including phenoxy) is 1. The molecule has 4 aromatic rings. The van der Waals surface area contributed by atoms with E-state index in [9.17, 15) is 9.59 Å². The maximum Gasteiger partial charge on any atom is 0.328 e. The Morgan fingerprint density at radius 1 is 1.11 bits per heavy atom. The molecule has 0 radical (unpaired) electrons. The highest BCUT2D eigenvalue weighted by molar-refractivity contribution is 7.25. The second-order valence-electron chi connectivity index (χ2n) is 9.55. The zero-order valence-corrected chi connectivity index (χ0v) is 21.3. The number of aromatic nitrogens is 2. The van der Waals surface area contributed by atoms with Crippen LogP contribution in [0.2, 0.25) is 0 Å². The van der Waals surface area contributed by atoms with Crippen LogP contribution < -0.4 is 21.3 Å². The Kier molecular flexibility index (Phi) is 6.75. The van der Waals surface area contributed by atoms with Gasteiger partial charge in [-0.05, 0) is 61.4 Å². The summed E-state index contributed by atoms with van der Waals surface area (Å²) in [6.07, 6.45) is 5.09. The number of aromatic amines is 1. The van der Waals surface area contributed by atoms with Crippen molar-refractivity contribution < 1.29 is 4.74 Å². The van der Waals surface area contributed by atoms with Crippen molar-refractivity contribution >= 4 is 44.0 Å². The number of thiophene rings is 1. The summed E-state index contributed by atoms with van der Waals surface area (Å²) in [7, 11) is 1.76. The van der Waals surface area contributed by atoms with E-state index in [2.05, 4.69) is 28.5 Å². The number of nitrogens with zero attached hydrogens (tertiary/aromatic N) is 1. The number of H-pyrrole nitrogens is 1. The molecule has 2 aromatic carbocycles. The Morgan fingerprint density at radius 3 is 2.83 bits per heavy atom. The van der Waals surface area contributed by atoms with Gasteiger partial charge in [0.1, 0.15) is 10.4 Å². The molecule has 35 heavy (non-hydrogen) atoms. The van der Waals surface area contributed by atoms with Crippen molar-refractivity contribution in [3.63, 3.8) is 0 Å². The molecule has 6 rings (SSSR count). The minimum atomic E-state index is -0.312. The monoisotopic (exact) mass is 511 g/mol. The molecule has 0 saturated carbocycles.